The van der Waals surface area contributed by atoms with Crippen LogP contribution in [-0.2, 0) is 6.42 Å². The van der Waals surface area contributed by atoms with Crippen molar-refractivity contribution in [1.82, 2.24) is 0 Å². The highest BCUT2D eigenvalue weighted by molar-refractivity contribution is 6.31. The van der Waals surface area contributed by atoms with Crippen LogP contribution < -0.4 is 10.5 Å². The Kier molecular flexibility index (Phi) is 3.78. The van der Waals surface area contributed by atoms with Gasteiger partial charge in [0.1, 0.15) is 17.4 Å². The van der Waals surface area contributed by atoms with Gasteiger partial charge in [0.15, 0.2) is 0 Å². The van der Waals surface area contributed by atoms with Gasteiger partial charge in [-0.25, -0.2) is 8.78 Å². The Labute approximate surface area is 130 Å². The number of hydrogen-bond donors (Lipinski definition) is 1. The SMILES string of the molecule is NC(c1cc(F)c(Cl)cc1F)c1cc(Cl)cc2c1OCC2. The van der Waals surface area contributed by atoms with E-state index in [9.17, 15) is 8.78 Å². The summed E-state index contributed by atoms with van der Waals surface area (Å²) in [5.74, 6) is -0.787. The maximum absolute atomic E-state index is 14.0. The quantitative estimate of drug-likeness (QED) is 0.836. The molecule has 0 saturated carbocycles. The van der Waals surface area contributed by atoms with Crippen molar-refractivity contribution in [1.29, 1.82) is 0 Å². The molecule has 1 aliphatic rings. The molecule has 2 aromatic carbocycles. The van der Waals surface area contributed by atoms with E-state index in [0.29, 0.717) is 29.4 Å². The molecule has 21 heavy (non-hydrogen) atoms. The van der Waals surface area contributed by atoms with E-state index in [1.54, 1.807) is 12.1 Å². The molecule has 0 aromatic heterocycles. The highest BCUT2D eigenvalue weighted by Gasteiger charge is 2.25. The first-order valence-electron chi connectivity index (χ1n) is 6.32. The third-order valence-corrected chi connectivity index (χ3v) is 3.99. The highest BCUT2D eigenvalue weighted by atomic mass is 35.5. The Hall–Kier alpha value is -1.36. The van der Waals surface area contributed by atoms with E-state index in [-0.39, 0.29) is 10.6 Å². The van der Waals surface area contributed by atoms with Gasteiger partial charge in [-0.3, -0.25) is 0 Å². The van der Waals surface area contributed by atoms with Crippen molar-refractivity contribution in [2.75, 3.05) is 6.61 Å². The van der Waals surface area contributed by atoms with E-state index in [0.717, 1.165) is 17.7 Å². The summed E-state index contributed by atoms with van der Waals surface area (Å²) in [6, 6.07) is 4.44. The van der Waals surface area contributed by atoms with Crippen LogP contribution in [0.3, 0.4) is 0 Å². The second-order valence-corrected chi connectivity index (χ2v) is 5.69. The zero-order valence-corrected chi connectivity index (χ0v) is 12.3. The molecule has 6 heteroatoms. The first kappa shape index (κ1) is 14.6. The van der Waals surface area contributed by atoms with Crippen LogP contribution in [0.25, 0.3) is 0 Å². The maximum Gasteiger partial charge on any atom is 0.142 e. The highest BCUT2D eigenvalue weighted by Crippen LogP contribution is 2.38. The summed E-state index contributed by atoms with van der Waals surface area (Å²) in [5, 5.41) is 0.204. The molecule has 0 fully saturated rings. The minimum atomic E-state index is -0.887. The van der Waals surface area contributed by atoms with Crippen molar-refractivity contribution in [3.8, 4) is 5.75 Å². The summed E-state index contributed by atoms with van der Waals surface area (Å²) < 4.78 is 33.1. The molecule has 2 N–H and O–H groups in total. The molecule has 0 radical (unpaired) electrons. The number of rotatable bonds is 2. The number of hydrogen-bond acceptors (Lipinski definition) is 2. The molecule has 1 aliphatic heterocycles. The predicted molar refractivity (Wildman–Crippen MR) is 78.0 cm³/mol. The zero-order valence-electron chi connectivity index (χ0n) is 10.8. The molecule has 0 amide bonds. The lowest BCUT2D eigenvalue weighted by atomic mass is 9.96. The molecule has 1 atom stereocenters. The molecule has 3 rings (SSSR count). The van der Waals surface area contributed by atoms with Crippen molar-refractivity contribution >= 4 is 23.2 Å². The van der Waals surface area contributed by atoms with Gasteiger partial charge in [0.25, 0.3) is 0 Å². The van der Waals surface area contributed by atoms with E-state index in [2.05, 4.69) is 0 Å². The molecule has 0 aliphatic carbocycles. The van der Waals surface area contributed by atoms with Crippen molar-refractivity contribution in [3.05, 3.63) is 62.6 Å². The molecular weight excluding hydrogens is 319 g/mol. The largest absolute Gasteiger partial charge is 0.493 e. The first-order chi connectivity index (χ1) is 9.97. The summed E-state index contributed by atoms with van der Waals surface area (Å²) in [4.78, 5) is 0. The zero-order chi connectivity index (χ0) is 15.1. The third-order valence-electron chi connectivity index (χ3n) is 3.49. The fourth-order valence-electron chi connectivity index (χ4n) is 2.47. The average Bonchev–Trinajstić information content (AvgIpc) is 2.89. The molecule has 1 heterocycles. The Morgan fingerprint density at radius 1 is 1.05 bits per heavy atom. The molecule has 0 spiro atoms. The standard InChI is InChI=1S/C15H11Cl2F2NO/c16-8-3-7-1-2-21-15(7)10(4-8)14(20)9-5-13(19)11(17)6-12(9)18/h3-6,14H,1-2,20H2. The van der Waals surface area contributed by atoms with Gasteiger partial charge >= 0.3 is 0 Å². The summed E-state index contributed by atoms with van der Waals surface area (Å²) in [5.41, 5.74) is 7.56. The fraction of sp³-hybridized carbons (Fsp3) is 0.200. The maximum atomic E-state index is 14.0. The van der Waals surface area contributed by atoms with E-state index in [1.807, 2.05) is 0 Å². The number of ether oxygens (including phenoxy) is 1. The van der Waals surface area contributed by atoms with Crippen molar-refractivity contribution in [2.24, 2.45) is 5.73 Å². The molecule has 0 saturated heterocycles. The summed E-state index contributed by atoms with van der Waals surface area (Å²) >= 11 is 11.6. The van der Waals surface area contributed by atoms with Crippen LogP contribution in [0, 0.1) is 11.6 Å². The van der Waals surface area contributed by atoms with Gasteiger partial charge in [0, 0.05) is 22.6 Å². The van der Waals surface area contributed by atoms with Crippen LogP contribution in [0.4, 0.5) is 8.78 Å². The smallest absolute Gasteiger partial charge is 0.142 e. The van der Waals surface area contributed by atoms with E-state index < -0.39 is 17.7 Å². The third kappa shape index (κ3) is 2.59. The Morgan fingerprint density at radius 3 is 2.57 bits per heavy atom. The Bertz CT molecular complexity index is 721. The van der Waals surface area contributed by atoms with Gasteiger partial charge < -0.3 is 10.5 Å². The molecular formula is C15H11Cl2F2NO. The summed E-state index contributed by atoms with van der Waals surface area (Å²) in [6.45, 7) is 0.521. The van der Waals surface area contributed by atoms with Crippen LogP contribution in [0.1, 0.15) is 22.7 Å². The lowest BCUT2D eigenvalue weighted by Crippen LogP contribution is -2.15. The normalized spacial score (nSPS) is 14.7. The molecule has 110 valence electrons. The minimum Gasteiger partial charge on any atom is -0.493 e. The van der Waals surface area contributed by atoms with Gasteiger partial charge in [0.05, 0.1) is 17.7 Å². The van der Waals surface area contributed by atoms with Crippen molar-refractivity contribution < 1.29 is 13.5 Å². The lowest BCUT2D eigenvalue weighted by Gasteiger charge is -2.17. The number of halogens is 4. The van der Waals surface area contributed by atoms with Gasteiger partial charge in [-0.15, -0.1) is 0 Å². The molecule has 1 unspecified atom stereocenters. The second-order valence-electron chi connectivity index (χ2n) is 4.85. The fourth-order valence-corrected chi connectivity index (χ4v) is 2.87. The van der Waals surface area contributed by atoms with Crippen LogP contribution >= 0.6 is 23.2 Å². The first-order valence-corrected chi connectivity index (χ1v) is 7.08. The van der Waals surface area contributed by atoms with Crippen LogP contribution in [0.15, 0.2) is 24.3 Å². The van der Waals surface area contributed by atoms with Gasteiger partial charge in [-0.1, -0.05) is 23.2 Å². The van der Waals surface area contributed by atoms with E-state index in [4.69, 9.17) is 33.7 Å². The second kappa shape index (κ2) is 5.44. The van der Waals surface area contributed by atoms with Gasteiger partial charge in [0.2, 0.25) is 0 Å². The molecule has 2 aromatic rings. The average molecular weight is 330 g/mol. The number of benzene rings is 2. The number of fused-ring (bicyclic) bond motifs is 1. The van der Waals surface area contributed by atoms with Crippen molar-refractivity contribution in [3.63, 3.8) is 0 Å². The monoisotopic (exact) mass is 329 g/mol. The van der Waals surface area contributed by atoms with Crippen LogP contribution in [0.5, 0.6) is 5.75 Å². The van der Waals surface area contributed by atoms with E-state index >= 15 is 0 Å². The molecule has 0 bridgehead atoms. The van der Waals surface area contributed by atoms with Gasteiger partial charge in [-0.2, -0.15) is 0 Å². The van der Waals surface area contributed by atoms with Crippen LogP contribution in [-0.4, -0.2) is 6.61 Å². The molecule has 2 nitrogen and oxygen atoms in total. The predicted octanol–water partition coefficient (Wildman–Crippen LogP) is 4.25. The van der Waals surface area contributed by atoms with Gasteiger partial charge in [-0.05, 0) is 29.8 Å². The van der Waals surface area contributed by atoms with Crippen molar-refractivity contribution in [2.45, 2.75) is 12.5 Å². The Morgan fingerprint density at radius 2 is 1.81 bits per heavy atom. The summed E-state index contributed by atoms with van der Waals surface area (Å²) in [7, 11) is 0. The van der Waals surface area contributed by atoms with E-state index in [1.165, 1.54) is 0 Å². The Balaban J connectivity index is 2.11. The summed E-state index contributed by atoms with van der Waals surface area (Å²) in [6.07, 6.45) is 0.715. The minimum absolute atomic E-state index is 0.0110. The lowest BCUT2D eigenvalue weighted by molar-refractivity contribution is 0.352. The van der Waals surface area contributed by atoms with Crippen LogP contribution in [0.2, 0.25) is 10.0 Å². The topological polar surface area (TPSA) is 35.2 Å². The number of nitrogens with two attached hydrogens (primary N) is 1.